The van der Waals surface area contributed by atoms with Crippen molar-refractivity contribution in [1.82, 2.24) is 9.62 Å². The molecule has 0 bridgehead atoms. The van der Waals surface area contributed by atoms with Gasteiger partial charge in [0, 0.05) is 30.4 Å². The summed E-state index contributed by atoms with van der Waals surface area (Å²) in [6.07, 6.45) is 1.89. The van der Waals surface area contributed by atoms with Crippen LogP contribution in [0.1, 0.15) is 21.7 Å². The average Bonchev–Trinajstić information content (AvgIpc) is 3.03. The predicted molar refractivity (Wildman–Crippen MR) is 90.4 cm³/mol. The monoisotopic (exact) mass is 354 g/mol. The molecule has 1 aromatic heterocycles. The van der Waals surface area contributed by atoms with E-state index in [0.717, 1.165) is 34.9 Å². The first-order chi connectivity index (χ1) is 10.8. The van der Waals surface area contributed by atoms with Gasteiger partial charge in [-0.05, 0) is 23.4 Å². The van der Waals surface area contributed by atoms with E-state index in [1.165, 1.54) is 11.3 Å². The molecule has 1 fully saturated rings. The summed E-state index contributed by atoms with van der Waals surface area (Å²) in [7, 11) is -3.22. The third-order valence-corrected chi connectivity index (χ3v) is 5.89. The fourth-order valence-corrected chi connectivity index (χ4v) is 4.88. The Morgan fingerprint density at radius 3 is 2.87 bits per heavy atom. The number of thiophene rings is 1. The highest BCUT2D eigenvalue weighted by atomic mass is 32.2. The average molecular weight is 354 g/mol. The number of nitrogens with one attached hydrogen (secondary N) is 1. The number of carboxylic acid groups (broad SMARTS) is 1. The van der Waals surface area contributed by atoms with Gasteiger partial charge in [-0.15, -0.1) is 11.3 Å². The molecule has 0 aliphatic carbocycles. The first-order valence-electron chi connectivity index (χ1n) is 7.27. The number of carbonyl (C=O) groups is 1. The minimum Gasteiger partial charge on any atom is -0.477 e. The molecular weight excluding hydrogens is 336 g/mol. The minimum absolute atomic E-state index is 0.108. The van der Waals surface area contributed by atoms with Crippen LogP contribution in [-0.2, 0) is 16.6 Å². The fraction of sp³-hybridized carbons (Fsp3) is 0.400. The largest absolute Gasteiger partial charge is 0.477 e. The van der Waals surface area contributed by atoms with Gasteiger partial charge in [-0.3, -0.25) is 4.90 Å². The molecule has 6 nitrogen and oxygen atoms in total. The van der Waals surface area contributed by atoms with E-state index in [2.05, 4.69) is 9.62 Å². The Bertz CT molecular complexity index is 844. The van der Waals surface area contributed by atoms with Crippen LogP contribution >= 0.6 is 11.3 Å². The van der Waals surface area contributed by atoms with Crippen molar-refractivity contribution >= 4 is 37.4 Å². The second-order valence-electron chi connectivity index (χ2n) is 5.82. The van der Waals surface area contributed by atoms with Gasteiger partial charge in [-0.2, -0.15) is 0 Å². The molecule has 3 rings (SSSR count). The zero-order chi connectivity index (χ0) is 16.6. The van der Waals surface area contributed by atoms with Crippen LogP contribution in [0.15, 0.2) is 24.3 Å². The zero-order valence-electron chi connectivity index (χ0n) is 12.7. The lowest BCUT2D eigenvalue weighted by Crippen LogP contribution is -2.36. The Morgan fingerprint density at radius 2 is 2.17 bits per heavy atom. The van der Waals surface area contributed by atoms with Gasteiger partial charge < -0.3 is 5.11 Å². The first kappa shape index (κ1) is 16.4. The number of fused-ring (bicyclic) bond motifs is 1. The van der Waals surface area contributed by atoms with Gasteiger partial charge in [0.2, 0.25) is 10.0 Å². The van der Waals surface area contributed by atoms with Crippen LogP contribution in [-0.4, -0.2) is 49.8 Å². The number of aromatic carboxylic acids is 1. The van der Waals surface area contributed by atoms with E-state index >= 15 is 0 Å². The summed E-state index contributed by atoms with van der Waals surface area (Å²) < 4.78 is 26.2. The van der Waals surface area contributed by atoms with E-state index in [9.17, 15) is 18.3 Å². The SMILES string of the molecule is CS(=O)(=O)NC1CCN(Cc2c(C(=O)O)sc3ccccc23)C1. The summed E-state index contributed by atoms with van der Waals surface area (Å²) in [6, 6.07) is 7.56. The summed E-state index contributed by atoms with van der Waals surface area (Å²) in [5.74, 6) is -0.911. The third-order valence-electron chi connectivity index (χ3n) is 3.93. The number of hydrogen-bond donors (Lipinski definition) is 2. The van der Waals surface area contributed by atoms with Crippen LogP contribution in [0.3, 0.4) is 0 Å². The topological polar surface area (TPSA) is 86.7 Å². The molecule has 0 radical (unpaired) electrons. The number of carboxylic acids is 1. The Labute approximate surface area is 138 Å². The minimum atomic E-state index is -3.22. The maximum atomic E-state index is 11.5. The van der Waals surface area contributed by atoms with Crippen molar-refractivity contribution in [3.8, 4) is 0 Å². The smallest absolute Gasteiger partial charge is 0.346 e. The fourth-order valence-electron chi connectivity index (χ4n) is 3.03. The molecule has 1 unspecified atom stereocenters. The number of hydrogen-bond acceptors (Lipinski definition) is 5. The molecule has 2 heterocycles. The molecule has 0 saturated carbocycles. The van der Waals surface area contributed by atoms with E-state index in [-0.39, 0.29) is 6.04 Å². The summed E-state index contributed by atoms with van der Waals surface area (Å²) in [5, 5.41) is 10.4. The molecule has 1 aromatic carbocycles. The van der Waals surface area contributed by atoms with Crippen molar-refractivity contribution in [1.29, 1.82) is 0 Å². The molecule has 1 atom stereocenters. The van der Waals surface area contributed by atoms with Crippen LogP contribution < -0.4 is 4.72 Å². The molecule has 0 spiro atoms. The van der Waals surface area contributed by atoms with Crippen molar-refractivity contribution in [3.05, 3.63) is 34.7 Å². The maximum Gasteiger partial charge on any atom is 0.346 e. The maximum absolute atomic E-state index is 11.5. The molecule has 23 heavy (non-hydrogen) atoms. The van der Waals surface area contributed by atoms with Gasteiger partial charge in [0.1, 0.15) is 4.88 Å². The molecular formula is C15H18N2O4S2. The molecule has 1 saturated heterocycles. The Kier molecular flexibility index (Phi) is 4.41. The predicted octanol–water partition coefficient (Wildman–Crippen LogP) is 1.72. The van der Waals surface area contributed by atoms with E-state index in [1.807, 2.05) is 24.3 Å². The van der Waals surface area contributed by atoms with Gasteiger partial charge >= 0.3 is 5.97 Å². The lowest BCUT2D eigenvalue weighted by Gasteiger charge is -2.16. The summed E-state index contributed by atoms with van der Waals surface area (Å²) in [6.45, 7) is 1.86. The van der Waals surface area contributed by atoms with E-state index < -0.39 is 16.0 Å². The van der Waals surface area contributed by atoms with Crippen molar-refractivity contribution in [2.75, 3.05) is 19.3 Å². The Balaban J connectivity index is 1.82. The highest BCUT2D eigenvalue weighted by Gasteiger charge is 2.27. The lowest BCUT2D eigenvalue weighted by atomic mass is 10.1. The quantitative estimate of drug-likeness (QED) is 0.854. The Morgan fingerprint density at radius 1 is 1.43 bits per heavy atom. The van der Waals surface area contributed by atoms with Gasteiger partial charge in [0.25, 0.3) is 0 Å². The number of rotatable bonds is 5. The van der Waals surface area contributed by atoms with Crippen LogP contribution in [0, 0.1) is 0 Å². The van der Waals surface area contributed by atoms with E-state index in [1.54, 1.807) is 0 Å². The van der Waals surface area contributed by atoms with Gasteiger partial charge in [0.05, 0.1) is 6.26 Å². The van der Waals surface area contributed by atoms with E-state index in [0.29, 0.717) is 18.0 Å². The van der Waals surface area contributed by atoms with Crippen LogP contribution in [0.25, 0.3) is 10.1 Å². The van der Waals surface area contributed by atoms with Crippen molar-refractivity contribution < 1.29 is 18.3 Å². The lowest BCUT2D eigenvalue weighted by molar-refractivity contribution is 0.0700. The molecule has 0 amide bonds. The molecule has 124 valence electrons. The normalized spacial score (nSPS) is 19.4. The molecule has 2 aromatic rings. The number of nitrogens with zero attached hydrogens (tertiary/aromatic N) is 1. The third kappa shape index (κ3) is 3.72. The van der Waals surface area contributed by atoms with E-state index in [4.69, 9.17) is 0 Å². The number of benzene rings is 1. The standard InChI is InChI=1S/C15H18N2O4S2/c1-23(20,21)16-10-6-7-17(8-10)9-12-11-4-2-3-5-13(11)22-14(12)15(18)19/h2-5,10,16H,6-9H2,1H3,(H,18,19). The zero-order valence-corrected chi connectivity index (χ0v) is 14.3. The molecule has 1 aliphatic rings. The van der Waals surface area contributed by atoms with Crippen LogP contribution in [0.5, 0.6) is 0 Å². The Hall–Kier alpha value is -1.48. The van der Waals surface area contributed by atoms with Crippen molar-refractivity contribution in [3.63, 3.8) is 0 Å². The van der Waals surface area contributed by atoms with Gasteiger partial charge in [-0.25, -0.2) is 17.9 Å². The van der Waals surface area contributed by atoms with Crippen LogP contribution in [0.4, 0.5) is 0 Å². The summed E-state index contributed by atoms with van der Waals surface area (Å²) in [5.41, 5.74) is 0.818. The van der Waals surface area contributed by atoms with Crippen molar-refractivity contribution in [2.45, 2.75) is 19.0 Å². The number of likely N-dealkylation sites (tertiary alicyclic amines) is 1. The molecule has 8 heteroatoms. The number of sulfonamides is 1. The highest BCUT2D eigenvalue weighted by molar-refractivity contribution is 7.88. The second kappa shape index (κ2) is 6.20. The van der Waals surface area contributed by atoms with Crippen LogP contribution in [0.2, 0.25) is 0 Å². The highest BCUT2D eigenvalue weighted by Crippen LogP contribution is 2.32. The summed E-state index contributed by atoms with van der Waals surface area (Å²) in [4.78, 5) is 14.0. The molecule has 2 N–H and O–H groups in total. The second-order valence-corrected chi connectivity index (χ2v) is 8.65. The van der Waals surface area contributed by atoms with Crippen molar-refractivity contribution in [2.24, 2.45) is 0 Å². The summed E-state index contributed by atoms with van der Waals surface area (Å²) >= 11 is 1.29. The van der Waals surface area contributed by atoms with Gasteiger partial charge in [-0.1, -0.05) is 18.2 Å². The molecule has 1 aliphatic heterocycles. The van der Waals surface area contributed by atoms with Gasteiger partial charge in [0.15, 0.2) is 0 Å². The first-order valence-corrected chi connectivity index (χ1v) is 9.97.